The summed E-state index contributed by atoms with van der Waals surface area (Å²) in [6.45, 7) is 9.41. The lowest BCUT2D eigenvalue weighted by Gasteiger charge is -2.16. The van der Waals surface area contributed by atoms with E-state index in [0.29, 0.717) is 22.0 Å². The Morgan fingerprint density at radius 1 is 1.15 bits per heavy atom. The lowest BCUT2D eigenvalue weighted by atomic mass is 10.2. The van der Waals surface area contributed by atoms with Gasteiger partial charge in [0.15, 0.2) is 6.10 Å². The van der Waals surface area contributed by atoms with E-state index in [1.54, 1.807) is 24.3 Å². The van der Waals surface area contributed by atoms with Crippen molar-refractivity contribution in [2.45, 2.75) is 46.8 Å². The zero-order valence-corrected chi connectivity index (χ0v) is 17.2. The molecule has 0 aliphatic carbocycles. The zero-order chi connectivity index (χ0) is 20.3. The van der Waals surface area contributed by atoms with Gasteiger partial charge in [-0.1, -0.05) is 11.6 Å². The molecule has 0 aliphatic heterocycles. The minimum Gasteiger partial charge on any atom is -0.495 e. The molecule has 1 aromatic heterocycles. The maximum atomic E-state index is 12.5. The highest BCUT2D eigenvalue weighted by atomic mass is 35.5. The molecule has 1 amide bonds. The number of anilines is 1. The van der Waals surface area contributed by atoms with Crippen molar-refractivity contribution in [1.29, 1.82) is 0 Å². The molecule has 0 spiro atoms. The number of amides is 1. The molecule has 0 saturated heterocycles. The SMILES string of the molecule is COc1ccc(Cl)cc1NC(=O)[C@@H](C)OC(=O)c1cc(C)n(C(C)C)c1C. The molecule has 2 rings (SSSR count). The molecule has 27 heavy (non-hydrogen) atoms. The van der Waals surface area contributed by atoms with Gasteiger partial charge in [0.1, 0.15) is 5.75 Å². The third-order valence-electron chi connectivity index (χ3n) is 4.29. The average molecular weight is 393 g/mol. The largest absolute Gasteiger partial charge is 0.495 e. The molecule has 1 heterocycles. The van der Waals surface area contributed by atoms with E-state index >= 15 is 0 Å². The average Bonchev–Trinajstić information content (AvgIpc) is 2.89. The lowest BCUT2D eigenvalue weighted by molar-refractivity contribution is -0.123. The smallest absolute Gasteiger partial charge is 0.340 e. The van der Waals surface area contributed by atoms with Crippen LogP contribution in [0.3, 0.4) is 0 Å². The van der Waals surface area contributed by atoms with Crippen LogP contribution in [0.15, 0.2) is 24.3 Å². The van der Waals surface area contributed by atoms with Gasteiger partial charge in [-0.25, -0.2) is 4.79 Å². The molecule has 1 atom stereocenters. The minimum atomic E-state index is -0.983. The number of aryl methyl sites for hydroxylation is 1. The summed E-state index contributed by atoms with van der Waals surface area (Å²) in [4.78, 5) is 25.0. The highest BCUT2D eigenvalue weighted by Gasteiger charge is 2.24. The van der Waals surface area contributed by atoms with Crippen molar-refractivity contribution < 1.29 is 19.1 Å². The van der Waals surface area contributed by atoms with Crippen LogP contribution in [0.25, 0.3) is 0 Å². The Balaban J connectivity index is 2.12. The van der Waals surface area contributed by atoms with E-state index in [2.05, 4.69) is 9.88 Å². The Hall–Kier alpha value is -2.47. The van der Waals surface area contributed by atoms with E-state index in [1.807, 2.05) is 27.7 Å². The Labute approximate surface area is 164 Å². The molecule has 1 aromatic carbocycles. The Morgan fingerprint density at radius 3 is 2.37 bits per heavy atom. The number of halogens is 1. The van der Waals surface area contributed by atoms with Crippen molar-refractivity contribution in [1.82, 2.24) is 4.57 Å². The maximum Gasteiger partial charge on any atom is 0.340 e. The molecule has 0 bridgehead atoms. The van der Waals surface area contributed by atoms with Crippen LogP contribution in [0.2, 0.25) is 5.02 Å². The van der Waals surface area contributed by atoms with Crippen molar-refractivity contribution >= 4 is 29.2 Å². The summed E-state index contributed by atoms with van der Waals surface area (Å²) in [5, 5.41) is 3.13. The van der Waals surface area contributed by atoms with Crippen LogP contribution in [0.1, 0.15) is 48.6 Å². The number of nitrogens with zero attached hydrogens (tertiary/aromatic N) is 1. The van der Waals surface area contributed by atoms with Crippen molar-refractivity contribution in [2.75, 3.05) is 12.4 Å². The first-order chi connectivity index (χ1) is 12.6. The monoisotopic (exact) mass is 392 g/mol. The Kier molecular flexibility index (Phi) is 6.54. The summed E-state index contributed by atoms with van der Waals surface area (Å²) in [6.07, 6.45) is -0.983. The van der Waals surface area contributed by atoms with Crippen LogP contribution in [0.5, 0.6) is 5.75 Å². The molecule has 0 aliphatic rings. The van der Waals surface area contributed by atoms with E-state index in [1.165, 1.54) is 14.0 Å². The predicted molar refractivity (Wildman–Crippen MR) is 106 cm³/mol. The van der Waals surface area contributed by atoms with Gasteiger partial charge in [-0.3, -0.25) is 4.79 Å². The van der Waals surface area contributed by atoms with Gasteiger partial charge in [-0.15, -0.1) is 0 Å². The Morgan fingerprint density at radius 2 is 1.81 bits per heavy atom. The number of aromatic nitrogens is 1. The molecule has 6 nitrogen and oxygen atoms in total. The van der Waals surface area contributed by atoms with Gasteiger partial charge >= 0.3 is 5.97 Å². The van der Waals surface area contributed by atoms with Crippen LogP contribution in [-0.2, 0) is 9.53 Å². The quantitative estimate of drug-likeness (QED) is 0.733. The van der Waals surface area contributed by atoms with Crippen molar-refractivity contribution in [2.24, 2.45) is 0 Å². The van der Waals surface area contributed by atoms with Crippen molar-refractivity contribution in [3.8, 4) is 5.75 Å². The topological polar surface area (TPSA) is 69.6 Å². The first kappa shape index (κ1) is 20.8. The summed E-state index contributed by atoms with van der Waals surface area (Å²) < 4.78 is 12.6. The predicted octanol–water partition coefficient (Wildman–Crippen LogP) is 4.53. The van der Waals surface area contributed by atoms with Gasteiger partial charge in [-0.2, -0.15) is 0 Å². The van der Waals surface area contributed by atoms with Crippen molar-refractivity contribution in [3.05, 3.63) is 46.2 Å². The third-order valence-corrected chi connectivity index (χ3v) is 4.53. The molecular formula is C20H25ClN2O4. The lowest BCUT2D eigenvalue weighted by Crippen LogP contribution is -2.30. The number of methoxy groups -OCH3 is 1. The van der Waals surface area contributed by atoms with Crippen LogP contribution in [-0.4, -0.2) is 29.7 Å². The van der Waals surface area contributed by atoms with Gasteiger partial charge in [-0.05, 0) is 58.9 Å². The number of carbonyl (C=O) groups is 2. The maximum absolute atomic E-state index is 12.5. The summed E-state index contributed by atoms with van der Waals surface area (Å²) in [5.74, 6) is -0.538. The number of hydrogen-bond donors (Lipinski definition) is 1. The van der Waals surface area contributed by atoms with E-state index in [-0.39, 0.29) is 6.04 Å². The molecule has 1 N–H and O–H groups in total. The van der Waals surface area contributed by atoms with Gasteiger partial charge in [0.05, 0.1) is 18.4 Å². The normalized spacial score (nSPS) is 12.0. The minimum absolute atomic E-state index is 0.225. The molecule has 0 saturated carbocycles. The molecule has 2 aromatic rings. The van der Waals surface area contributed by atoms with Gasteiger partial charge < -0.3 is 19.4 Å². The van der Waals surface area contributed by atoms with Gasteiger partial charge in [0, 0.05) is 22.5 Å². The first-order valence-corrected chi connectivity index (χ1v) is 9.07. The summed E-state index contributed by atoms with van der Waals surface area (Å²) >= 11 is 5.97. The number of rotatable bonds is 6. The number of hydrogen-bond acceptors (Lipinski definition) is 4. The second-order valence-electron chi connectivity index (χ2n) is 6.63. The highest BCUT2D eigenvalue weighted by molar-refractivity contribution is 6.31. The fourth-order valence-electron chi connectivity index (χ4n) is 3.07. The molecular weight excluding hydrogens is 368 g/mol. The number of nitrogens with one attached hydrogen (secondary N) is 1. The number of carbonyl (C=O) groups excluding carboxylic acids is 2. The Bertz CT molecular complexity index is 858. The van der Waals surface area contributed by atoms with E-state index < -0.39 is 18.0 Å². The van der Waals surface area contributed by atoms with Crippen LogP contribution in [0, 0.1) is 13.8 Å². The van der Waals surface area contributed by atoms with Gasteiger partial charge in [0.25, 0.3) is 5.91 Å². The van der Waals surface area contributed by atoms with E-state index in [4.69, 9.17) is 21.1 Å². The standard InChI is InChI=1S/C20H25ClN2O4/c1-11(2)23-12(3)9-16(13(23)4)20(25)27-14(5)19(24)22-17-10-15(21)7-8-18(17)26-6/h7-11,14H,1-6H3,(H,22,24)/t14-/m1/s1. The molecule has 7 heteroatoms. The fourth-order valence-corrected chi connectivity index (χ4v) is 3.24. The summed E-state index contributed by atoms with van der Waals surface area (Å²) in [7, 11) is 1.49. The zero-order valence-electron chi connectivity index (χ0n) is 16.4. The molecule has 0 fully saturated rings. The molecule has 0 unspecified atom stereocenters. The van der Waals surface area contributed by atoms with Gasteiger partial charge in [0.2, 0.25) is 0 Å². The third kappa shape index (κ3) is 4.63. The van der Waals surface area contributed by atoms with Crippen LogP contribution in [0.4, 0.5) is 5.69 Å². The van der Waals surface area contributed by atoms with Crippen LogP contribution >= 0.6 is 11.6 Å². The fraction of sp³-hybridized carbons (Fsp3) is 0.400. The van der Waals surface area contributed by atoms with Crippen LogP contribution < -0.4 is 10.1 Å². The number of benzene rings is 1. The van der Waals surface area contributed by atoms with E-state index in [0.717, 1.165) is 11.4 Å². The molecule has 0 radical (unpaired) electrons. The summed E-state index contributed by atoms with van der Waals surface area (Å²) in [5.41, 5.74) is 2.66. The number of esters is 1. The second-order valence-corrected chi connectivity index (χ2v) is 7.07. The highest BCUT2D eigenvalue weighted by Crippen LogP contribution is 2.28. The molecule has 146 valence electrons. The second kappa shape index (κ2) is 8.48. The van der Waals surface area contributed by atoms with E-state index in [9.17, 15) is 9.59 Å². The van der Waals surface area contributed by atoms with Crippen molar-refractivity contribution in [3.63, 3.8) is 0 Å². The number of ether oxygens (including phenoxy) is 2. The summed E-state index contributed by atoms with van der Waals surface area (Å²) in [6, 6.07) is 6.88. The first-order valence-electron chi connectivity index (χ1n) is 8.69.